The van der Waals surface area contributed by atoms with Crippen LogP contribution < -0.4 is 11.1 Å². The second-order valence-electron chi connectivity index (χ2n) is 7.26. The predicted octanol–water partition coefficient (Wildman–Crippen LogP) is 4.33. The number of rotatable bonds is 5. The van der Waals surface area contributed by atoms with E-state index in [-0.39, 0.29) is 42.7 Å². The van der Waals surface area contributed by atoms with Gasteiger partial charge in [0, 0.05) is 41.7 Å². The lowest BCUT2D eigenvalue weighted by molar-refractivity contribution is -0.117. The zero-order valence-corrected chi connectivity index (χ0v) is 19.1. The number of hydrogen-bond acceptors (Lipinski definition) is 5. The molecule has 0 bridgehead atoms. The van der Waals surface area contributed by atoms with Gasteiger partial charge in [-0.15, -0.1) is 36.2 Å². The van der Waals surface area contributed by atoms with Gasteiger partial charge in [-0.1, -0.05) is 42.5 Å². The standard InChI is InChI=1S/C22H24N4OS.2ClH/c1-15-24-21(14-28-15)17-8-5-9-18(10-17)25-22(27)13-26-11-19(20(23)12-26)16-6-3-2-4-7-16;;/h2-10,14,19-20H,11-13,23H2,1H3,(H,25,27);2*1H/t19-,20+;;/m0../s1. The van der Waals surface area contributed by atoms with Crippen LogP contribution in [0.15, 0.2) is 60.0 Å². The van der Waals surface area contributed by atoms with E-state index in [0.29, 0.717) is 6.54 Å². The summed E-state index contributed by atoms with van der Waals surface area (Å²) in [6, 6.07) is 18.2. The van der Waals surface area contributed by atoms with Crippen molar-refractivity contribution in [1.29, 1.82) is 0 Å². The Morgan fingerprint density at radius 1 is 1.17 bits per heavy atom. The normalized spacial score (nSPS) is 18.3. The number of carbonyl (C=O) groups excluding carboxylic acids is 1. The largest absolute Gasteiger partial charge is 0.326 e. The first-order chi connectivity index (χ1) is 13.6. The minimum Gasteiger partial charge on any atom is -0.326 e. The van der Waals surface area contributed by atoms with Crippen LogP contribution in [-0.2, 0) is 4.79 Å². The van der Waals surface area contributed by atoms with E-state index >= 15 is 0 Å². The van der Waals surface area contributed by atoms with Crippen LogP contribution in [0, 0.1) is 6.92 Å². The average Bonchev–Trinajstić information content (AvgIpc) is 3.28. The van der Waals surface area contributed by atoms with Crippen molar-refractivity contribution in [3.8, 4) is 11.3 Å². The molecule has 1 fully saturated rings. The maximum absolute atomic E-state index is 12.6. The molecule has 5 nitrogen and oxygen atoms in total. The summed E-state index contributed by atoms with van der Waals surface area (Å²) in [5, 5.41) is 6.07. The molecule has 0 spiro atoms. The molecular formula is C22H26Cl2N4OS. The minimum absolute atomic E-state index is 0. The molecule has 0 saturated carbocycles. The molecule has 1 aromatic heterocycles. The molecule has 4 rings (SSSR count). The molecule has 1 amide bonds. The highest BCUT2D eigenvalue weighted by Gasteiger charge is 2.31. The Hall–Kier alpha value is -1.96. The van der Waals surface area contributed by atoms with Gasteiger partial charge in [-0.3, -0.25) is 9.69 Å². The van der Waals surface area contributed by atoms with Gasteiger partial charge >= 0.3 is 0 Å². The van der Waals surface area contributed by atoms with Crippen LogP contribution in [0.5, 0.6) is 0 Å². The van der Waals surface area contributed by atoms with Gasteiger partial charge in [0.25, 0.3) is 0 Å². The SMILES string of the molecule is Cc1nc(-c2cccc(NC(=O)CN3C[C@@H](N)[C@H](c4ccccc4)C3)c2)cs1.Cl.Cl. The fraction of sp³-hybridized carbons (Fsp3) is 0.273. The summed E-state index contributed by atoms with van der Waals surface area (Å²) in [6.45, 7) is 3.86. The monoisotopic (exact) mass is 464 g/mol. The number of nitrogens with zero attached hydrogens (tertiary/aromatic N) is 2. The molecule has 1 saturated heterocycles. The van der Waals surface area contributed by atoms with Crippen LogP contribution >= 0.6 is 36.2 Å². The zero-order valence-electron chi connectivity index (χ0n) is 16.7. The van der Waals surface area contributed by atoms with Crippen LogP contribution in [-0.4, -0.2) is 41.5 Å². The van der Waals surface area contributed by atoms with Crippen molar-refractivity contribution in [3.63, 3.8) is 0 Å². The Balaban J connectivity index is 0.00000160. The number of aromatic nitrogens is 1. The second-order valence-corrected chi connectivity index (χ2v) is 8.32. The maximum Gasteiger partial charge on any atom is 0.238 e. The van der Waals surface area contributed by atoms with Gasteiger partial charge in [0.2, 0.25) is 5.91 Å². The number of thiazole rings is 1. The summed E-state index contributed by atoms with van der Waals surface area (Å²) in [5.41, 5.74) is 10.3. The van der Waals surface area contributed by atoms with E-state index in [1.54, 1.807) is 11.3 Å². The summed E-state index contributed by atoms with van der Waals surface area (Å²) >= 11 is 1.62. The Bertz CT molecular complexity index is 967. The molecule has 0 aliphatic carbocycles. The van der Waals surface area contributed by atoms with Gasteiger partial charge in [-0.2, -0.15) is 0 Å². The van der Waals surface area contributed by atoms with Gasteiger partial charge in [-0.05, 0) is 24.6 Å². The number of nitrogens with one attached hydrogen (secondary N) is 1. The van der Waals surface area contributed by atoms with Gasteiger partial charge < -0.3 is 11.1 Å². The molecule has 8 heteroatoms. The van der Waals surface area contributed by atoms with Gasteiger partial charge in [0.05, 0.1) is 17.2 Å². The Kier molecular flexibility index (Phi) is 8.82. The second kappa shape index (κ2) is 10.9. The average molecular weight is 465 g/mol. The Morgan fingerprint density at radius 3 is 2.63 bits per heavy atom. The van der Waals surface area contributed by atoms with Gasteiger partial charge in [-0.25, -0.2) is 4.98 Å². The molecule has 3 N–H and O–H groups in total. The van der Waals surface area contributed by atoms with Crippen molar-refractivity contribution in [2.45, 2.75) is 18.9 Å². The highest BCUT2D eigenvalue weighted by atomic mass is 35.5. The van der Waals surface area contributed by atoms with E-state index in [1.165, 1.54) is 5.56 Å². The van der Waals surface area contributed by atoms with Crippen molar-refractivity contribution < 1.29 is 4.79 Å². The molecule has 2 heterocycles. The fourth-order valence-electron chi connectivity index (χ4n) is 3.75. The number of hydrogen-bond donors (Lipinski definition) is 2. The van der Waals surface area contributed by atoms with E-state index in [9.17, 15) is 4.79 Å². The summed E-state index contributed by atoms with van der Waals surface area (Å²) in [6.07, 6.45) is 0. The first-order valence-electron chi connectivity index (χ1n) is 9.44. The Labute approximate surface area is 193 Å². The van der Waals surface area contributed by atoms with Crippen molar-refractivity contribution in [1.82, 2.24) is 9.88 Å². The summed E-state index contributed by atoms with van der Waals surface area (Å²) in [5.74, 6) is 0.248. The minimum atomic E-state index is -0.0208. The van der Waals surface area contributed by atoms with E-state index in [4.69, 9.17) is 5.73 Å². The first kappa shape index (κ1) is 24.3. The van der Waals surface area contributed by atoms with Crippen LogP contribution in [0.1, 0.15) is 16.5 Å². The topological polar surface area (TPSA) is 71.2 Å². The van der Waals surface area contributed by atoms with Crippen molar-refractivity contribution in [2.75, 3.05) is 25.0 Å². The smallest absolute Gasteiger partial charge is 0.238 e. The number of benzene rings is 2. The van der Waals surface area contributed by atoms with Crippen LogP contribution in [0.25, 0.3) is 11.3 Å². The number of halogens is 2. The number of anilines is 1. The first-order valence-corrected chi connectivity index (χ1v) is 10.3. The quantitative estimate of drug-likeness (QED) is 0.589. The summed E-state index contributed by atoms with van der Waals surface area (Å²) < 4.78 is 0. The molecule has 0 radical (unpaired) electrons. The lowest BCUT2D eigenvalue weighted by Gasteiger charge is -2.16. The number of likely N-dealkylation sites (tertiary alicyclic amines) is 1. The van der Waals surface area contributed by atoms with Gasteiger partial charge in [0.15, 0.2) is 0 Å². The lowest BCUT2D eigenvalue weighted by atomic mass is 9.95. The number of carbonyl (C=O) groups is 1. The summed E-state index contributed by atoms with van der Waals surface area (Å²) in [4.78, 5) is 19.2. The maximum atomic E-state index is 12.6. The van der Waals surface area contributed by atoms with E-state index in [1.807, 2.05) is 54.8 Å². The third-order valence-electron chi connectivity index (χ3n) is 5.10. The van der Waals surface area contributed by atoms with Crippen molar-refractivity contribution in [3.05, 3.63) is 70.5 Å². The fourth-order valence-corrected chi connectivity index (χ4v) is 4.37. The zero-order chi connectivity index (χ0) is 19.5. The molecule has 1 aliphatic rings. The van der Waals surface area contributed by atoms with E-state index in [0.717, 1.165) is 35.0 Å². The van der Waals surface area contributed by atoms with Gasteiger partial charge in [0.1, 0.15) is 0 Å². The summed E-state index contributed by atoms with van der Waals surface area (Å²) in [7, 11) is 0. The third kappa shape index (κ3) is 5.80. The number of nitrogens with two attached hydrogens (primary N) is 1. The lowest BCUT2D eigenvalue weighted by Crippen LogP contribution is -2.33. The third-order valence-corrected chi connectivity index (χ3v) is 5.87. The van der Waals surface area contributed by atoms with Crippen LogP contribution in [0.4, 0.5) is 5.69 Å². The molecular weight excluding hydrogens is 439 g/mol. The highest BCUT2D eigenvalue weighted by Crippen LogP contribution is 2.27. The predicted molar refractivity (Wildman–Crippen MR) is 129 cm³/mol. The molecule has 0 unspecified atom stereocenters. The van der Waals surface area contributed by atoms with Crippen LogP contribution in [0.2, 0.25) is 0 Å². The molecule has 2 aromatic carbocycles. The van der Waals surface area contributed by atoms with Crippen molar-refractivity contribution >= 4 is 47.7 Å². The molecule has 3 aromatic rings. The number of aryl methyl sites for hydroxylation is 1. The molecule has 1 aliphatic heterocycles. The highest BCUT2D eigenvalue weighted by molar-refractivity contribution is 7.09. The molecule has 2 atom stereocenters. The Morgan fingerprint density at radius 2 is 1.93 bits per heavy atom. The van der Waals surface area contributed by atoms with Crippen molar-refractivity contribution in [2.24, 2.45) is 5.73 Å². The van der Waals surface area contributed by atoms with E-state index < -0.39 is 0 Å². The van der Waals surface area contributed by atoms with Crippen LogP contribution in [0.3, 0.4) is 0 Å². The molecule has 30 heavy (non-hydrogen) atoms. The molecule has 160 valence electrons. The van der Waals surface area contributed by atoms with E-state index in [2.05, 4.69) is 27.3 Å². The number of amides is 1.